The second-order valence-corrected chi connectivity index (χ2v) is 7.09. The fourth-order valence-corrected chi connectivity index (χ4v) is 3.87. The van der Waals surface area contributed by atoms with Crippen LogP contribution in [-0.2, 0) is 10.0 Å². The number of pyridine rings is 1. The molecule has 3 aromatic rings. The van der Waals surface area contributed by atoms with E-state index in [1.54, 1.807) is 41.9 Å². The number of nitrogens with one attached hydrogen (secondary N) is 2. The Morgan fingerprint density at radius 2 is 1.81 bits per heavy atom. The van der Waals surface area contributed by atoms with Crippen LogP contribution in [0.3, 0.4) is 0 Å². The molecule has 2 N–H and O–H groups in total. The molecule has 27 heavy (non-hydrogen) atoms. The van der Waals surface area contributed by atoms with Gasteiger partial charge in [0.05, 0.1) is 25.8 Å². The zero-order chi connectivity index (χ0) is 19.6. The summed E-state index contributed by atoms with van der Waals surface area (Å²) in [7, 11) is -1.35. The van der Waals surface area contributed by atoms with Crippen molar-refractivity contribution >= 4 is 27.5 Å². The van der Waals surface area contributed by atoms with E-state index in [2.05, 4.69) is 15.3 Å². The zero-order valence-electron chi connectivity index (χ0n) is 14.8. The van der Waals surface area contributed by atoms with Crippen molar-refractivity contribution in [2.24, 2.45) is 0 Å². The van der Waals surface area contributed by atoms with E-state index in [1.807, 2.05) is 4.72 Å². The Morgan fingerprint density at radius 3 is 2.44 bits per heavy atom. The van der Waals surface area contributed by atoms with E-state index in [-0.39, 0.29) is 22.6 Å². The standard InChI is InChI=1S/C16H17N5O5S/c1-10-9-21-7-5-4-6-11(21)14(10)27(23,24)20-16(22)19-15-17-12(25-2)8-13(18-15)26-3/h4-9H,1-3H3,(H2,17,18,19,20,22). The summed E-state index contributed by atoms with van der Waals surface area (Å²) >= 11 is 0. The van der Waals surface area contributed by atoms with Gasteiger partial charge in [-0.2, -0.15) is 9.97 Å². The van der Waals surface area contributed by atoms with Gasteiger partial charge in [0.2, 0.25) is 17.7 Å². The lowest BCUT2D eigenvalue weighted by atomic mass is 10.3. The molecule has 11 heteroatoms. The van der Waals surface area contributed by atoms with E-state index in [0.717, 1.165) is 0 Å². The number of hydrogen-bond donors (Lipinski definition) is 2. The molecule has 0 aliphatic heterocycles. The van der Waals surface area contributed by atoms with Crippen LogP contribution in [0.15, 0.2) is 41.6 Å². The molecule has 3 rings (SSSR count). The van der Waals surface area contributed by atoms with Gasteiger partial charge in [-0.15, -0.1) is 0 Å². The summed E-state index contributed by atoms with van der Waals surface area (Å²) in [5, 5.41) is 2.26. The molecule has 0 fully saturated rings. The van der Waals surface area contributed by atoms with E-state index in [0.29, 0.717) is 11.1 Å². The van der Waals surface area contributed by atoms with Crippen LogP contribution in [0.2, 0.25) is 0 Å². The van der Waals surface area contributed by atoms with Gasteiger partial charge in [-0.3, -0.25) is 5.32 Å². The monoisotopic (exact) mass is 391 g/mol. The highest BCUT2D eigenvalue weighted by Gasteiger charge is 2.24. The summed E-state index contributed by atoms with van der Waals surface area (Å²) in [4.78, 5) is 20.0. The Balaban J connectivity index is 1.86. The van der Waals surface area contributed by atoms with Crippen LogP contribution >= 0.6 is 0 Å². The van der Waals surface area contributed by atoms with Crippen molar-refractivity contribution in [2.45, 2.75) is 11.8 Å². The molecule has 0 aromatic carbocycles. The molecule has 0 saturated heterocycles. The van der Waals surface area contributed by atoms with Gasteiger partial charge in [0, 0.05) is 12.4 Å². The minimum atomic E-state index is -4.13. The maximum Gasteiger partial charge on any atom is 0.335 e. The number of sulfonamides is 1. The number of aromatic nitrogens is 3. The molecule has 0 saturated carbocycles. The van der Waals surface area contributed by atoms with Gasteiger partial charge < -0.3 is 13.9 Å². The first-order chi connectivity index (χ1) is 12.8. The molecule has 0 spiro atoms. The van der Waals surface area contributed by atoms with Crippen LogP contribution in [0.4, 0.5) is 10.7 Å². The fraction of sp³-hybridized carbons (Fsp3) is 0.188. The summed E-state index contributed by atoms with van der Waals surface area (Å²) in [5.41, 5.74) is 0.954. The van der Waals surface area contributed by atoms with E-state index in [4.69, 9.17) is 9.47 Å². The molecular formula is C16H17N5O5S. The number of ether oxygens (including phenoxy) is 2. The molecule has 0 radical (unpaired) electrons. The van der Waals surface area contributed by atoms with Crippen LogP contribution < -0.4 is 19.5 Å². The maximum atomic E-state index is 12.7. The lowest BCUT2D eigenvalue weighted by molar-refractivity contribution is 0.256. The number of methoxy groups -OCH3 is 2. The van der Waals surface area contributed by atoms with E-state index >= 15 is 0 Å². The average molecular weight is 391 g/mol. The molecular weight excluding hydrogens is 374 g/mol. The highest BCUT2D eigenvalue weighted by Crippen LogP contribution is 2.23. The first-order valence-corrected chi connectivity index (χ1v) is 9.19. The predicted octanol–water partition coefficient (Wildman–Crippen LogP) is 1.57. The minimum Gasteiger partial charge on any atom is -0.481 e. The highest BCUT2D eigenvalue weighted by molar-refractivity contribution is 7.90. The summed E-state index contributed by atoms with van der Waals surface area (Å²) in [6.45, 7) is 1.65. The van der Waals surface area contributed by atoms with Gasteiger partial charge in [-0.05, 0) is 24.6 Å². The molecule has 2 amide bonds. The second-order valence-electron chi connectivity index (χ2n) is 5.47. The van der Waals surface area contributed by atoms with Crippen LogP contribution in [0, 0.1) is 6.92 Å². The smallest absolute Gasteiger partial charge is 0.335 e. The van der Waals surface area contributed by atoms with Crippen molar-refractivity contribution in [1.82, 2.24) is 19.1 Å². The van der Waals surface area contributed by atoms with Crippen molar-refractivity contribution in [1.29, 1.82) is 0 Å². The molecule has 0 aliphatic rings. The average Bonchev–Trinajstić information content (AvgIpc) is 2.97. The van der Waals surface area contributed by atoms with Crippen molar-refractivity contribution in [2.75, 3.05) is 19.5 Å². The summed E-state index contributed by atoms with van der Waals surface area (Å²) in [5.74, 6) is 0.126. The Labute approximate surface area is 155 Å². The quantitative estimate of drug-likeness (QED) is 0.676. The number of fused-ring (bicyclic) bond motifs is 1. The molecule has 142 valence electrons. The zero-order valence-corrected chi connectivity index (χ0v) is 15.6. The van der Waals surface area contributed by atoms with Crippen LogP contribution in [0.1, 0.15) is 5.56 Å². The third kappa shape index (κ3) is 3.77. The van der Waals surface area contributed by atoms with E-state index < -0.39 is 16.1 Å². The number of hydrogen-bond acceptors (Lipinski definition) is 7. The molecule has 3 heterocycles. The Hall–Kier alpha value is -3.34. The third-order valence-electron chi connectivity index (χ3n) is 3.63. The van der Waals surface area contributed by atoms with Crippen molar-refractivity contribution < 1.29 is 22.7 Å². The van der Waals surface area contributed by atoms with Crippen molar-refractivity contribution in [3.63, 3.8) is 0 Å². The number of carbonyl (C=O) groups excluding carboxylic acids is 1. The largest absolute Gasteiger partial charge is 0.481 e. The van der Waals surface area contributed by atoms with Crippen LogP contribution in [0.5, 0.6) is 11.8 Å². The Bertz CT molecular complexity index is 1090. The molecule has 0 aliphatic carbocycles. The van der Waals surface area contributed by atoms with Crippen molar-refractivity contribution in [3.05, 3.63) is 42.2 Å². The normalized spacial score (nSPS) is 11.2. The number of rotatable bonds is 5. The van der Waals surface area contributed by atoms with E-state index in [9.17, 15) is 13.2 Å². The lowest BCUT2D eigenvalue weighted by Crippen LogP contribution is -2.35. The molecule has 10 nitrogen and oxygen atoms in total. The first-order valence-electron chi connectivity index (χ1n) is 7.71. The summed E-state index contributed by atoms with van der Waals surface area (Å²) in [6.07, 6.45) is 3.38. The molecule has 0 unspecified atom stereocenters. The van der Waals surface area contributed by atoms with Gasteiger partial charge in [-0.25, -0.2) is 17.9 Å². The van der Waals surface area contributed by atoms with Gasteiger partial charge in [0.15, 0.2) is 0 Å². The summed E-state index contributed by atoms with van der Waals surface area (Å²) in [6, 6.07) is 5.53. The number of aryl methyl sites for hydroxylation is 1. The van der Waals surface area contributed by atoms with Gasteiger partial charge in [0.25, 0.3) is 10.0 Å². The third-order valence-corrected chi connectivity index (χ3v) is 5.15. The Kier molecular flexibility index (Phi) is 4.86. The maximum absolute atomic E-state index is 12.7. The fourth-order valence-electron chi connectivity index (χ4n) is 2.55. The van der Waals surface area contributed by atoms with Gasteiger partial charge in [-0.1, -0.05) is 6.07 Å². The number of nitrogens with zero attached hydrogens (tertiary/aromatic N) is 3. The molecule has 0 atom stereocenters. The highest BCUT2D eigenvalue weighted by atomic mass is 32.2. The van der Waals surface area contributed by atoms with E-state index in [1.165, 1.54) is 20.3 Å². The minimum absolute atomic E-state index is 0.0161. The summed E-state index contributed by atoms with van der Waals surface area (Å²) < 4.78 is 39.0. The number of urea groups is 1. The Morgan fingerprint density at radius 1 is 1.15 bits per heavy atom. The predicted molar refractivity (Wildman–Crippen MR) is 96.6 cm³/mol. The molecule has 3 aromatic heterocycles. The van der Waals surface area contributed by atoms with Gasteiger partial charge in [0.1, 0.15) is 4.90 Å². The topological polar surface area (TPSA) is 124 Å². The van der Waals surface area contributed by atoms with Gasteiger partial charge >= 0.3 is 6.03 Å². The molecule has 0 bridgehead atoms. The van der Waals surface area contributed by atoms with Crippen LogP contribution in [0.25, 0.3) is 5.52 Å². The first kappa shape index (κ1) is 18.5. The number of carbonyl (C=O) groups is 1. The number of amides is 2. The lowest BCUT2D eigenvalue weighted by Gasteiger charge is -2.10. The number of anilines is 1. The van der Waals surface area contributed by atoms with Crippen molar-refractivity contribution in [3.8, 4) is 11.8 Å². The SMILES string of the molecule is COc1cc(OC)nc(NC(=O)NS(=O)(=O)c2c(C)cn3ccccc23)n1. The van der Waals surface area contributed by atoms with Crippen LogP contribution in [-0.4, -0.2) is 43.0 Å². The second kappa shape index (κ2) is 7.11.